The van der Waals surface area contributed by atoms with Gasteiger partial charge in [-0.05, 0) is 42.5 Å². The van der Waals surface area contributed by atoms with Crippen molar-refractivity contribution in [1.29, 1.82) is 0 Å². The topological polar surface area (TPSA) is 97.4 Å². The molecule has 1 amide bonds. The van der Waals surface area contributed by atoms with E-state index in [1.807, 2.05) is 0 Å². The van der Waals surface area contributed by atoms with Gasteiger partial charge in [-0.3, -0.25) is 9.52 Å². The number of aromatic nitrogens is 1. The number of halogens is 1. The van der Waals surface area contributed by atoms with E-state index < -0.39 is 10.0 Å². The van der Waals surface area contributed by atoms with Crippen LogP contribution >= 0.6 is 22.9 Å². The number of carbonyl (C=O) groups is 1. The van der Waals surface area contributed by atoms with Crippen LogP contribution in [0.3, 0.4) is 0 Å². The molecule has 0 fully saturated rings. The van der Waals surface area contributed by atoms with E-state index in [1.54, 1.807) is 29.6 Å². The summed E-state index contributed by atoms with van der Waals surface area (Å²) < 4.78 is 32.4. The highest BCUT2D eigenvalue weighted by Gasteiger charge is 2.16. The van der Waals surface area contributed by atoms with E-state index in [-0.39, 0.29) is 29.1 Å². The number of carbonyl (C=O) groups excluding carboxylic acids is 1. The Morgan fingerprint density at radius 2 is 1.96 bits per heavy atom. The largest absolute Gasteiger partial charge is 0.492 e. The van der Waals surface area contributed by atoms with Crippen molar-refractivity contribution >= 4 is 44.0 Å². The lowest BCUT2D eigenvalue weighted by atomic mass is 10.2. The van der Waals surface area contributed by atoms with Gasteiger partial charge in [0.2, 0.25) is 0 Å². The van der Waals surface area contributed by atoms with Crippen molar-refractivity contribution < 1.29 is 17.9 Å². The van der Waals surface area contributed by atoms with E-state index in [0.29, 0.717) is 16.3 Å². The quantitative estimate of drug-likeness (QED) is 0.526. The van der Waals surface area contributed by atoms with Crippen LogP contribution < -0.4 is 14.8 Å². The smallest absolute Gasteiger partial charge is 0.263 e. The van der Waals surface area contributed by atoms with Crippen molar-refractivity contribution in [3.8, 4) is 5.75 Å². The maximum Gasteiger partial charge on any atom is 0.263 e. The second-order valence-corrected chi connectivity index (χ2v) is 8.54. The van der Waals surface area contributed by atoms with Gasteiger partial charge in [0, 0.05) is 22.2 Å². The van der Waals surface area contributed by atoms with Crippen LogP contribution in [-0.4, -0.2) is 32.5 Å². The molecule has 0 aliphatic heterocycles. The predicted molar refractivity (Wildman–Crippen MR) is 109 cm³/mol. The number of benzene rings is 2. The van der Waals surface area contributed by atoms with Crippen molar-refractivity contribution in [3.05, 3.63) is 70.7 Å². The lowest BCUT2D eigenvalue weighted by molar-refractivity contribution is 0.0947. The Morgan fingerprint density at radius 3 is 2.64 bits per heavy atom. The molecule has 0 bridgehead atoms. The zero-order valence-corrected chi connectivity index (χ0v) is 16.9. The van der Waals surface area contributed by atoms with Crippen molar-refractivity contribution in [2.24, 2.45) is 0 Å². The second kappa shape index (κ2) is 9.05. The fraction of sp³-hybridized carbons (Fsp3) is 0.111. The summed E-state index contributed by atoms with van der Waals surface area (Å²) in [6.07, 6.45) is 1.51. The summed E-state index contributed by atoms with van der Waals surface area (Å²) >= 11 is 7.05. The van der Waals surface area contributed by atoms with E-state index >= 15 is 0 Å². The van der Waals surface area contributed by atoms with E-state index in [9.17, 15) is 13.2 Å². The van der Waals surface area contributed by atoms with Crippen LogP contribution in [0.2, 0.25) is 5.02 Å². The minimum atomic E-state index is -3.75. The summed E-state index contributed by atoms with van der Waals surface area (Å²) in [5.74, 6) is 0.288. The molecule has 0 atom stereocenters. The Balaban J connectivity index is 1.52. The molecule has 7 nitrogen and oxygen atoms in total. The molecule has 0 saturated heterocycles. The molecule has 3 aromatic rings. The van der Waals surface area contributed by atoms with Crippen molar-refractivity contribution in [2.45, 2.75) is 4.90 Å². The van der Waals surface area contributed by atoms with Crippen molar-refractivity contribution in [3.63, 3.8) is 0 Å². The number of hydrogen-bond donors (Lipinski definition) is 2. The van der Waals surface area contributed by atoms with Gasteiger partial charge >= 0.3 is 0 Å². The second-order valence-electron chi connectivity index (χ2n) is 5.53. The fourth-order valence-corrected chi connectivity index (χ4v) is 4.19. The van der Waals surface area contributed by atoms with Gasteiger partial charge in [0.25, 0.3) is 15.9 Å². The molecule has 1 heterocycles. The highest BCUT2D eigenvalue weighted by Crippen LogP contribution is 2.18. The normalized spacial score (nSPS) is 11.0. The van der Waals surface area contributed by atoms with Crippen LogP contribution in [0.25, 0.3) is 0 Å². The number of nitrogens with zero attached hydrogens (tertiary/aromatic N) is 1. The molecule has 28 heavy (non-hydrogen) atoms. The van der Waals surface area contributed by atoms with Crippen LogP contribution in [0.4, 0.5) is 5.13 Å². The number of hydrogen-bond acceptors (Lipinski definition) is 6. The first kappa shape index (κ1) is 20.1. The first-order valence-corrected chi connectivity index (χ1v) is 10.9. The van der Waals surface area contributed by atoms with Crippen LogP contribution in [0.1, 0.15) is 10.4 Å². The predicted octanol–water partition coefficient (Wildman–Crippen LogP) is 3.41. The molecule has 10 heteroatoms. The molecule has 146 valence electrons. The molecule has 0 spiro atoms. The van der Waals surface area contributed by atoms with E-state index in [4.69, 9.17) is 16.3 Å². The van der Waals surface area contributed by atoms with E-state index in [0.717, 1.165) is 0 Å². The molecule has 1 aromatic heterocycles. The molecule has 0 aliphatic carbocycles. The van der Waals surface area contributed by atoms with Gasteiger partial charge in [-0.2, -0.15) is 0 Å². The maximum atomic E-state index is 12.3. The maximum absolute atomic E-state index is 12.3. The average molecular weight is 438 g/mol. The fourth-order valence-electron chi connectivity index (χ4n) is 2.23. The van der Waals surface area contributed by atoms with Gasteiger partial charge in [-0.15, -0.1) is 11.3 Å². The monoisotopic (exact) mass is 437 g/mol. The Hall–Kier alpha value is -2.62. The Morgan fingerprint density at radius 1 is 1.18 bits per heavy atom. The number of nitrogens with one attached hydrogen (secondary N) is 2. The van der Waals surface area contributed by atoms with Gasteiger partial charge in [-0.25, -0.2) is 13.4 Å². The molecule has 0 saturated carbocycles. The molecule has 2 aromatic carbocycles. The Kier molecular flexibility index (Phi) is 6.50. The number of rotatable bonds is 8. The summed E-state index contributed by atoms with van der Waals surface area (Å²) in [6.45, 7) is 0.563. The number of anilines is 1. The standard InChI is InChI=1S/C18H16ClN3O4S2/c19-14-2-1-3-15(12-14)26-10-8-20-17(23)13-4-6-16(7-5-13)28(24,25)22-18-21-9-11-27-18/h1-7,9,11-12H,8,10H2,(H,20,23)(H,21,22). The third-order valence-electron chi connectivity index (χ3n) is 3.53. The van der Waals surface area contributed by atoms with Crippen LogP contribution in [0.15, 0.2) is 65.0 Å². The highest BCUT2D eigenvalue weighted by molar-refractivity contribution is 7.93. The molecular weight excluding hydrogens is 422 g/mol. The summed E-state index contributed by atoms with van der Waals surface area (Å²) in [4.78, 5) is 16.1. The van der Waals surface area contributed by atoms with Gasteiger partial charge < -0.3 is 10.1 Å². The number of ether oxygens (including phenoxy) is 1. The number of thiazole rings is 1. The van der Waals surface area contributed by atoms with E-state index in [1.165, 1.54) is 41.8 Å². The summed E-state index contributed by atoms with van der Waals surface area (Å²) in [5.41, 5.74) is 0.343. The van der Waals surface area contributed by atoms with Crippen LogP contribution in [0, 0.1) is 0 Å². The number of sulfonamides is 1. The minimum absolute atomic E-state index is 0.0449. The molecular formula is C18H16ClN3O4S2. The summed E-state index contributed by atoms with van der Waals surface area (Å²) in [5, 5.41) is 5.23. The first-order chi connectivity index (χ1) is 13.4. The third kappa shape index (κ3) is 5.44. The Labute approximate surface area is 171 Å². The molecule has 2 N–H and O–H groups in total. The van der Waals surface area contributed by atoms with Gasteiger partial charge in [-0.1, -0.05) is 17.7 Å². The van der Waals surface area contributed by atoms with Gasteiger partial charge in [0.15, 0.2) is 5.13 Å². The van der Waals surface area contributed by atoms with Crippen LogP contribution in [-0.2, 0) is 10.0 Å². The Bertz CT molecular complexity index is 1040. The first-order valence-electron chi connectivity index (χ1n) is 8.13. The molecule has 0 radical (unpaired) electrons. The SMILES string of the molecule is O=C(NCCOc1cccc(Cl)c1)c1ccc(S(=O)(=O)Nc2nccs2)cc1. The van der Waals surface area contributed by atoms with E-state index in [2.05, 4.69) is 15.0 Å². The lowest BCUT2D eigenvalue weighted by Crippen LogP contribution is -2.28. The molecule has 3 rings (SSSR count). The zero-order chi connectivity index (χ0) is 20.0. The summed E-state index contributed by atoms with van der Waals surface area (Å²) in [6, 6.07) is 12.6. The van der Waals surface area contributed by atoms with Crippen LogP contribution in [0.5, 0.6) is 5.75 Å². The van der Waals surface area contributed by atoms with Crippen molar-refractivity contribution in [1.82, 2.24) is 10.3 Å². The molecule has 0 aliphatic rings. The average Bonchev–Trinajstić information content (AvgIpc) is 3.17. The van der Waals surface area contributed by atoms with Gasteiger partial charge in [0.1, 0.15) is 12.4 Å². The van der Waals surface area contributed by atoms with Gasteiger partial charge in [0.05, 0.1) is 11.4 Å². The minimum Gasteiger partial charge on any atom is -0.492 e. The van der Waals surface area contributed by atoms with Crippen molar-refractivity contribution in [2.75, 3.05) is 17.9 Å². The highest BCUT2D eigenvalue weighted by atomic mass is 35.5. The molecule has 0 unspecified atom stereocenters. The zero-order valence-electron chi connectivity index (χ0n) is 14.5. The third-order valence-corrected chi connectivity index (χ3v) is 5.94. The summed E-state index contributed by atoms with van der Waals surface area (Å²) in [7, 11) is -3.75. The number of amides is 1. The lowest BCUT2D eigenvalue weighted by Gasteiger charge is -2.09.